The Kier molecular flexibility index (Phi) is 11.3. The van der Waals surface area contributed by atoms with Crippen LogP contribution in [0.5, 0.6) is 0 Å². The van der Waals surface area contributed by atoms with E-state index in [1.165, 1.54) is 0 Å². The molecule has 6 heteroatoms. The van der Waals surface area contributed by atoms with Crippen molar-refractivity contribution >= 4 is 11.9 Å². The molecule has 0 aliphatic heterocycles. The Morgan fingerprint density at radius 1 is 0.667 bits per heavy atom. The number of rotatable bonds is 8. The van der Waals surface area contributed by atoms with E-state index in [4.69, 9.17) is 4.99 Å². The Hall–Kier alpha value is -1.46. The summed E-state index contributed by atoms with van der Waals surface area (Å²) in [5.41, 5.74) is 0. The predicted molar refractivity (Wildman–Crippen MR) is 107 cm³/mol. The van der Waals surface area contributed by atoms with Crippen molar-refractivity contribution in [3.63, 3.8) is 0 Å². The van der Waals surface area contributed by atoms with Gasteiger partial charge in [0.2, 0.25) is 0 Å². The van der Waals surface area contributed by atoms with Crippen molar-refractivity contribution in [2.75, 3.05) is 6.54 Å². The fourth-order valence-corrected chi connectivity index (χ4v) is 2.01. The van der Waals surface area contributed by atoms with Crippen molar-refractivity contribution in [2.45, 2.75) is 98.9 Å². The maximum Gasteiger partial charge on any atom is 0.191 e. The summed E-state index contributed by atoms with van der Waals surface area (Å²) in [6.07, 6.45) is 0.944. The Bertz CT molecular complexity index is 373. The molecule has 0 aromatic heterocycles. The molecule has 4 N–H and O–H groups in total. The molecule has 0 aromatic rings. The Balaban J connectivity index is 4.56. The molecule has 0 spiro atoms. The molecular formula is C18H40N6. The Morgan fingerprint density at radius 3 is 1.54 bits per heavy atom. The summed E-state index contributed by atoms with van der Waals surface area (Å²) in [7, 11) is 0. The van der Waals surface area contributed by atoms with E-state index in [1.54, 1.807) is 0 Å². The monoisotopic (exact) mass is 340 g/mol. The van der Waals surface area contributed by atoms with Gasteiger partial charge in [-0.2, -0.15) is 0 Å². The molecule has 0 heterocycles. The number of guanidine groups is 2. The molecule has 0 saturated carbocycles. The van der Waals surface area contributed by atoms with Crippen LogP contribution in [-0.4, -0.2) is 48.7 Å². The fourth-order valence-electron chi connectivity index (χ4n) is 2.01. The van der Waals surface area contributed by atoms with Gasteiger partial charge in [-0.25, -0.2) is 0 Å². The van der Waals surface area contributed by atoms with Gasteiger partial charge in [0.1, 0.15) is 0 Å². The lowest BCUT2D eigenvalue weighted by Gasteiger charge is -2.20. The standard InChI is InChI=1S/C18H40N6/c1-12(2)20-17(21-13(3)4)19-11-10-16(9)24-18(22-14(5)6)23-15(7)8/h12-16H,10-11H2,1-9H3,(H2,19,20,21)(H2,22,23,24). The number of hydrogen-bond acceptors (Lipinski definition) is 2. The van der Waals surface area contributed by atoms with Crippen LogP contribution in [0.3, 0.4) is 0 Å². The minimum absolute atomic E-state index is 0.226. The zero-order valence-electron chi connectivity index (χ0n) is 17.2. The molecule has 142 valence electrons. The van der Waals surface area contributed by atoms with Gasteiger partial charge in [-0.3, -0.25) is 9.98 Å². The molecule has 0 fully saturated rings. The lowest BCUT2D eigenvalue weighted by Crippen LogP contribution is -2.45. The number of hydrogen-bond donors (Lipinski definition) is 4. The smallest absolute Gasteiger partial charge is 0.191 e. The number of nitrogens with one attached hydrogen (secondary N) is 4. The first kappa shape index (κ1) is 22.5. The third-order valence-electron chi connectivity index (χ3n) is 2.87. The highest BCUT2D eigenvalue weighted by Gasteiger charge is 2.08. The molecule has 0 rings (SSSR count). The molecule has 0 radical (unpaired) electrons. The number of aliphatic imine (C=N–C) groups is 2. The summed E-state index contributed by atoms with van der Waals surface area (Å²) in [6.45, 7) is 19.9. The minimum atomic E-state index is 0.226. The lowest BCUT2D eigenvalue weighted by molar-refractivity contribution is 0.606. The van der Waals surface area contributed by atoms with Gasteiger partial charge >= 0.3 is 0 Å². The average Bonchev–Trinajstić information content (AvgIpc) is 2.34. The number of nitrogens with zero attached hydrogens (tertiary/aromatic N) is 2. The second-order valence-corrected chi connectivity index (χ2v) is 7.51. The highest BCUT2D eigenvalue weighted by atomic mass is 15.2. The average molecular weight is 341 g/mol. The van der Waals surface area contributed by atoms with Gasteiger partial charge in [0.05, 0.1) is 6.04 Å². The van der Waals surface area contributed by atoms with Crippen molar-refractivity contribution in [3.05, 3.63) is 0 Å². The van der Waals surface area contributed by atoms with Crippen LogP contribution in [0.1, 0.15) is 68.7 Å². The van der Waals surface area contributed by atoms with E-state index in [1.807, 2.05) is 0 Å². The SMILES string of the molecule is CC(C)N=C(NCCC(C)N=C(NC(C)C)NC(C)C)NC(C)C. The van der Waals surface area contributed by atoms with Crippen molar-refractivity contribution in [2.24, 2.45) is 9.98 Å². The second-order valence-electron chi connectivity index (χ2n) is 7.51. The second kappa shape index (κ2) is 12.0. The van der Waals surface area contributed by atoms with Crippen LogP contribution in [0.2, 0.25) is 0 Å². The molecule has 0 aromatic carbocycles. The van der Waals surface area contributed by atoms with E-state index in [0.717, 1.165) is 24.9 Å². The van der Waals surface area contributed by atoms with Crippen LogP contribution >= 0.6 is 0 Å². The van der Waals surface area contributed by atoms with Gasteiger partial charge in [0.15, 0.2) is 11.9 Å². The molecule has 6 nitrogen and oxygen atoms in total. The van der Waals surface area contributed by atoms with Crippen molar-refractivity contribution in [1.29, 1.82) is 0 Å². The summed E-state index contributed by atoms with van der Waals surface area (Å²) in [5, 5.41) is 13.5. The predicted octanol–water partition coefficient (Wildman–Crippen LogP) is 2.47. The van der Waals surface area contributed by atoms with E-state index >= 15 is 0 Å². The van der Waals surface area contributed by atoms with E-state index < -0.39 is 0 Å². The van der Waals surface area contributed by atoms with Gasteiger partial charge in [-0.1, -0.05) is 0 Å². The van der Waals surface area contributed by atoms with Gasteiger partial charge in [0.25, 0.3) is 0 Å². The fraction of sp³-hybridized carbons (Fsp3) is 0.889. The van der Waals surface area contributed by atoms with E-state index in [2.05, 4.69) is 88.6 Å². The van der Waals surface area contributed by atoms with Crippen molar-refractivity contribution in [1.82, 2.24) is 21.3 Å². The molecule has 0 saturated heterocycles. The van der Waals surface area contributed by atoms with E-state index in [9.17, 15) is 0 Å². The summed E-state index contributed by atoms with van der Waals surface area (Å²) >= 11 is 0. The van der Waals surface area contributed by atoms with Crippen LogP contribution in [0.25, 0.3) is 0 Å². The highest BCUT2D eigenvalue weighted by Crippen LogP contribution is 1.97. The van der Waals surface area contributed by atoms with E-state index in [-0.39, 0.29) is 12.1 Å². The summed E-state index contributed by atoms with van der Waals surface area (Å²) in [6, 6.07) is 1.58. The van der Waals surface area contributed by atoms with Crippen LogP contribution in [0.15, 0.2) is 9.98 Å². The molecule has 24 heavy (non-hydrogen) atoms. The molecule has 1 atom stereocenters. The van der Waals surface area contributed by atoms with Gasteiger partial charge in [-0.05, 0) is 68.7 Å². The Morgan fingerprint density at radius 2 is 1.12 bits per heavy atom. The first-order chi connectivity index (χ1) is 11.1. The first-order valence-corrected chi connectivity index (χ1v) is 9.29. The quantitative estimate of drug-likeness (QED) is 0.405. The molecule has 0 aliphatic carbocycles. The Labute approximate surface area is 149 Å². The highest BCUT2D eigenvalue weighted by molar-refractivity contribution is 5.81. The molecule has 0 bridgehead atoms. The first-order valence-electron chi connectivity index (χ1n) is 9.29. The van der Waals surface area contributed by atoms with Gasteiger partial charge in [-0.15, -0.1) is 0 Å². The molecular weight excluding hydrogens is 300 g/mol. The van der Waals surface area contributed by atoms with Crippen molar-refractivity contribution < 1.29 is 0 Å². The van der Waals surface area contributed by atoms with Gasteiger partial charge in [0, 0.05) is 30.7 Å². The molecule has 0 aliphatic rings. The van der Waals surface area contributed by atoms with Crippen LogP contribution in [0, 0.1) is 0 Å². The summed E-state index contributed by atoms with van der Waals surface area (Å²) in [5.74, 6) is 1.75. The lowest BCUT2D eigenvalue weighted by atomic mass is 10.2. The minimum Gasteiger partial charge on any atom is -0.356 e. The maximum absolute atomic E-state index is 4.77. The largest absolute Gasteiger partial charge is 0.356 e. The van der Waals surface area contributed by atoms with Crippen LogP contribution in [0.4, 0.5) is 0 Å². The topological polar surface area (TPSA) is 72.8 Å². The normalized spacial score (nSPS) is 13.5. The third-order valence-corrected chi connectivity index (χ3v) is 2.87. The van der Waals surface area contributed by atoms with Crippen LogP contribution in [-0.2, 0) is 0 Å². The maximum atomic E-state index is 4.77. The summed E-state index contributed by atoms with van der Waals surface area (Å²) in [4.78, 5) is 9.36. The van der Waals surface area contributed by atoms with Crippen molar-refractivity contribution in [3.8, 4) is 0 Å². The zero-order chi connectivity index (χ0) is 18.7. The molecule has 0 amide bonds. The van der Waals surface area contributed by atoms with Crippen LogP contribution < -0.4 is 21.3 Å². The third kappa shape index (κ3) is 13.0. The zero-order valence-corrected chi connectivity index (χ0v) is 17.2. The molecule has 1 unspecified atom stereocenters. The van der Waals surface area contributed by atoms with Gasteiger partial charge < -0.3 is 21.3 Å². The van der Waals surface area contributed by atoms with E-state index in [0.29, 0.717) is 18.1 Å². The summed E-state index contributed by atoms with van der Waals surface area (Å²) < 4.78 is 0.